The Kier molecular flexibility index (Phi) is 18.7. The predicted molar refractivity (Wildman–Crippen MR) is 312 cm³/mol. The van der Waals surface area contributed by atoms with E-state index in [1.54, 1.807) is 38.5 Å². The molecule has 6 aromatic carbocycles. The Balaban J connectivity index is 0.000000190. The van der Waals surface area contributed by atoms with Gasteiger partial charge in [-0.15, -0.1) is 0 Å². The number of likely N-dealkylation sites (tertiary alicyclic amines) is 2. The van der Waals surface area contributed by atoms with Crippen molar-refractivity contribution in [1.29, 1.82) is 0 Å². The van der Waals surface area contributed by atoms with Gasteiger partial charge in [0.2, 0.25) is 0 Å². The van der Waals surface area contributed by atoms with Crippen LogP contribution >= 0.6 is 0 Å². The van der Waals surface area contributed by atoms with Crippen LogP contribution in [-0.2, 0) is 9.47 Å². The largest absolute Gasteiger partial charge is 0.508 e. The van der Waals surface area contributed by atoms with Crippen LogP contribution in [0.2, 0.25) is 0 Å². The summed E-state index contributed by atoms with van der Waals surface area (Å²) in [6.45, 7) is 21.6. The molecule has 12 heteroatoms. The van der Waals surface area contributed by atoms with E-state index in [9.17, 15) is 10.2 Å². The molecule has 0 aromatic heterocycles. The van der Waals surface area contributed by atoms with Crippen molar-refractivity contribution in [3.63, 3.8) is 0 Å². The molecule has 6 aromatic rings. The van der Waals surface area contributed by atoms with E-state index in [2.05, 4.69) is 87.0 Å². The lowest BCUT2D eigenvalue weighted by molar-refractivity contribution is 0.146. The first-order valence-corrected chi connectivity index (χ1v) is 27.8. The van der Waals surface area contributed by atoms with Gasteiger partial charge in [0.15, 0.2) is 0 Å². The average molecular weight is 1060 g/mol. The molecule has 78 heavy (non-hydrogen) atoms. The Morgan fingerprint density at radius 2 is 1.03 bits per heavy atom. The summed E-state index contributed by atoms with van der Waals surface area (Å²) in [6, 6.07) is 44.1. The SMILES string of the molecule is COCCNc1ccc2c(c1)C(C)=C(c1cccc(O)c1)C(c1ccc(OC[C@H](C)N3CC[C@@H](C)C3)cc1)O2.COCCOc1ccc2c(c1)C(C)=C(c1cccc(O)c1)C(c1ccc(OC[C@H](C)N3CC[C@@H](C)C3)cc1)O2. The molecular weight excluding hydrogens is 979 g/mol. The number of ether oxygens (including phenoxy) is 7. The molecule has 6 atom stereocenters. The molecule has 3 N–H and O–H groups in total. The van der Waals surface area contributed by atoms with Crippen LogP contribution in [-0.4, -0.2) is 112 Å². The molecule has 412 valence electrons. The summed E-state index contributed by atoms with van der Waals surface area (Å²) in [7, 11) is 3.36. The van der Waals surface area contributed by atoms with Gasteiger partial charge in [-0.1, -0.05) is 62.4 Å². The van der Waals surface area contributed by atoms with E-state index in [-0.39, 0.29) is 23.7 Å². The van der Waals surface area contributed by atoms with E-state index < -0.39 is 0 Å². The van der Waals surface area contributed by atoms with Crippen molar-refractivity contribution in [3.05, 3.63) is 167 Å². The predicted octanol–water partition coefficient (Wildman–Crippen LogP) is 13.2. The maximum atomic E-state index is 10.3. The summed E-state index contributed by atoms with van der Waals surface area (Å²) in [5.41, 5.74) is 11.2. The number of fused-ring (bicyclic) bond motifs is 2. The van der Waals surface area contributed by atoms with Gasteiger partial charge in [0.25, 0.3) is 0 Å². The maximum absolute atomic E-state index is 10.3. The molecular formula is C66H79N3O9. The molecule has 2 fully saturated rings. The van der Waals surface area contributed by atoms with E-state index >= 15 is 0 Å². The summed E-state index contributed by atoms with van der Waals surface area (Å²) in [4.78, 5) is 5.02. The second-order valence-corrected chi connectivity index (χ2v) is 21.5. The van der Waals surface area contributed by atoms with E-state index in [1.165, 1.54) is 12.8 Å². The molecule has 4 aliphatic rings. The van der Waals surface area contributed by atoms with Crippen molar-refractivity contribution < 1.29 is 43.4 Å². The number of nitrogens with zero attached hydrogens (tertiary/aromatic N) is 2. The Morgan fingerprint density at radius 1 is 0.551 bits per heavy atom. The van der Waals surface area contributed by atoms with Crippen molar-refractivity contribution in [3.8, 4) is 40.2 Å². The zero-order valence-corrected chi connectivity index (χ0v) is 46.8. The summed E-state index contributed by atoms with van der Waals surface area (Å²) in [5.74, 6) is 6.11. The van der Waals surface area contributed by atoms with Gasteiger partial charge in [0, 0.05) is 73.9 Å². The van der Waals surface area contributed by atoms with Crippen molar-refractivity contribution in [2.24, 2.45) is 11.8 Å². The average Bonchev–Trinajstić information content (AvgIpc) is 4.23. The molecule has 10 rings (SSSR count). The number of methoxy groups -OCH3 is 2. The van der Waals surface area contributed by atoms with Gasteiger partial charge in [-0.2, -0.15) is 0 Å². The van der Waals surface area contributed by atoms with Crippen molar-refractivity contribution in [1.82, 2.24) is 9.80 Å². The van der Waals surface area contributed by atoms with Gasteiger partial charge >= 0.3 is 0 Å². The number of phenols is 2. The van der Waals surface area contributed by atoms with Gasteiger partial charge < -0.3 is 48.7 Å². The fraction of sp³-hybridized carbons (Fsp3) is 0.394. The minimum Gasteiger partial charge on any atom is -0.508 e. The van der Waals surface area contributed by atoms with E-state index in [0.29, 0.717) is 45.1 Å². The highest BCUT2D eigenvalue weighted by molar-refractivity contribution is 5.97. The second kappa shape index (κ2) is 26.1. The van der Waals surface area contributed by atoms with Crippen LogP contribution < -0.4 is 29.0 Å². The third kappa shape index (κ3) is 13.6. The Bertz CT molecular complexity index is 2810. The molecule has 2 unspecified atom stereocenters. The smallest absolute Gasteiger partial charge is 0.150 e. The maximum Gasteiger partial charge on any atom is 0.150 e. The van der Waals surface area contributed by atoms with Gasteiger partial charge in [-0.3, -0.25) is 9.80 Å². The van der Waals surface area contributed by atoms with Crippen LogP contribution in [0.5, 0.6) is 40.2 Å². The first-order chi connectivity index (χ1) is 37.8. The molecule has 0 amide bonds. The minimum atomic E-state index is -0.335. The molecule has 0 bridgehead atoms. The highest BCUT2D eigenvalue weighted by Gasteiger charge is 2.32. The molecule has 12 nitrogen and oxygen atoms in total. The minimum absolute atomic E-state index is 0.222. The Hall–Kier alpha value is -6.96. The summed E-state index contributed by atoms with van der Waals surface area (Å²) in [5, 5.41) is 23.9. The lowest BCUT2D eigenvalue weighted by Crippen LogP contribution is -2.35. The summed E-state index contributed by atoms with van der Waals surface area (Å²) >= 11 is 0. The van der Waals surface area contributed by atoms with E-state index in [0.717, 1.165) is 135 Å². The van der Waals surface area contributed by atoms with E-state index in [1.807, 2.05) is 78.9 Å². The fourth-order valence-electron chi connectivity index (χ4n) is 11.0. The monoisotopic (exact) mass is 1060 g/mol. The number of aromatic hydroxyl groups is 2. The van der Waals surface area contributed by atoms with Crippen molar-refractivity contribution in [2.75, 3.05) is 85.3 Å². The lowest BCUT2D eigenvalue weighted by atomic mass is 9.86. The topological polar surface area (TPSA) is 124 Å². The molecule has 0 aliphatic carbocycles. The molecule has 4 heterocycles. The zero-order chi connectivity index (χ0) is 54.7. The Labute approximate surface area is 462 Å². The summed E-state index contributed by atoms with van der Waals surface area (Å²) in [6.07, 6.45) is 1.88. The van der Waals surface area contributed by atoms with Gasteiger partial charge in [-0.05, 0) is 184 Å². The third-order valence-electron chi connectivity index (χ3n) is 15.6. The van der Waals surface area contributed by atoms with Crippen LogP contribution in [0, 0.1) is 11.8 Å². The quantitative estimate of drug-likeness (QED) is 0.0631. The fourth-order valence-corrected chi connectivity index (χ4v) is 11.0. The number of hydrogen-bond donors (Lipinski definition) is 3. The normalized spacial score (nSPS) is 19.9. The summed E-state index contributed by atoms with van der Waals surface area (Å²) < 4.78 is 41.8. The third-order valence-corrected chi connectivity index (χ3v) is 15.6. The first kappa shape index (κ1) is 55.8. The van der Waals surface area contributed by atoms with Crippen LogP contribution in [0.4, 0.5) is 5.69 Å². The molecule has 0 saturated carbocycles. The van der Waals surface area contributed by atoms with Gasteiger partial charge in [0.05, 0.1) is 13.2 Å². The number of hydrogen-bond acceptors (Lipinski definition) is 12. The molecule has 0 spiro atoms. The van der Waals surface area contributed by atoms with Crippen LogP contribution in [0.1, 0.15) is 100.0 Å². The molecule has 2 saturated heterocycles. The van der Waals surface area contributed by atoms with Gasteiger partial charge in [0.1, 0.15) is 72.3 Å². The number of nitrogens with one attached hydrogen (secondary N) is 1. The van der Waals surface area contributed by atoms with Crippen molar-refractivity contribution in [2.45, 2.75) is 78.7 Å². The van der Waals surface area contributed by atoms with E-state index in [4.69, 9.17) is 33.2 Å². The Morgan fingerprint density at radius 3 is 1.49 bits per heavy atom. The number of rotatable bonds is 20. The lowest BCUT2D eigenvalue weighted by Gasteiger charge is -2.31. The number of phenolic OH excluding ortho intramolecular Hbond substituents is 2. The highest BCUT2D eigenvalue weighted by Crippen LogP contribution is 2.49. The zero-order valence-electron chi connectivity index (χ0n) is 46.8. The second-order valence-electron chi connectivity index (χ2n) is 21.5. The van der Waals surface area contributed by atoms with Crippen LogP contribution in [0.3, 0.4) is 0 Å². The molecule has 0 radical (unpaired) electrons. The van der Waals surface area contributed by atoms with Gasteiger partial charge in [-0.25, -0.2) is 0 Å². The first-order valence-electron chi connectivity index (χ1n) is 27.8. The number of anilines is 1. The standard InChI is InChI=1S/C33H40N2O4.C33H39NO5/c1-22-14-16-35(20-22)23(2)21-38-29-11-8-25(9-12-29)33-32(26-6-5-7-28(36)18-26)24(3)30-19-27(34-15-17-37-4)10-13-31(30)39-33;1-22-14-15-34(20-22)23(2)21-38-28-10-8-25(9-11-28)33-32(26-6-5-7-27(35)18-26)24(3)30-19-29(37-17-16-36-4)12-13-31(30)39-33/h5-13,18-19,22-23,33-34,36H,14-17,20-21H2,1-4H3;5-13,18-19,22-23,33,35H,14-17,20-21H2,1-4H3/t2*22-,23+,33?/m11/s1. The number of benzene rings is 6. The highest BCUT2D eigenvalue weighted by atomic mass is 16.5. The van der Waals surface area contributed by atoms with Crippen LogP contribution in [0.15, 0.2) is 133 Å². The molecule has 4 aliphatic heterocycles. The number of allylic oxidation sites excluding steroid dienone is 2. The van der Waals surface area contributed by atoms with Crippen LogP contribution in [0.25, 0.3) is 22.3 Å². The van der Waals surface area contributed by atoms with Crippen molar-refractivity contribution >= 4 is 28.0 Å².